The molecule has 5 nitrogen and oxygen atoms in total. The Hall–Kier alpha value is -2.42. The van der Waals surface area contributed by atoms with Crippen LogP contribution in [0.4, 0.5) is 13.2 Å². The zero-order valence-electron chi connectivity index (χ0n) is 13.3. The van der Waals surface area contributed by atoms with Gasteiger partial charge in [0.1, 0.15) is 5.04 Å². The average molecular weight is 366 g/mol. The summed E-state index contributed by atoms with van der Waals surface area (Å²) in [7, 11) is 0. The monoisotopic (exact) mass is 366 g/mol. The molecule has 0 unspecified atom stereocenters. The van der Waals surface area contributed by atoms with Crippen molar-refractivity contribution in [1.82, 2.24) is 5.01 Å². The molecule has 1 aromatic rings. The van der Waals surface area contributed by atoms with Gasteiger partial charge in [-0.25, -0.2) is 0 Å². The first-order chi connectivity index (χ1) is 11.7. The average Bonchev–Trinajstić information content (AvgIpc) is 2.95. The summed E-state index contributed by atoms with van der Waals surface area (Å²) in [6.45, 7) is 3.82. The summed E-state index contributed by atoms with van der Waals surface area (Å²) in [5, 5.41) is 14.5. The number of benzene rings is 1. The molecule has 3 rings (SSSR count). The van der Waals surface area contributed by atoms with Gasteiger partial charge in [0.25, 0.3) is 5.91 Å². The van der Waals surface area contributed by atoms with Gasteiger partial charge in [0.2, 0.25) is 5.17 Å². The van der Waals surface area contributed by atoms with Crippen LogP contribution < -0.4 is 0 Å². The zero-order valence-corrected chi connectivity index (χ0v) is 14.1. The third-order valence-corrected chi connectivity index (χ3v) is 4.74. The lowest BCUT2D eigenvalue weighted by atomic mass is 10.0. The summed E-state index contributed by atoms with van der Waals surface area (Å²) in [5.41, 5.74) is -1.29. The predicted molar refractivity (Wildman–Crippen MR) is 91.3 cm³/mol. The van der Waals surface area contributed by atoms with Gasteiger partial charge in [-0.3, -0.25) is 10.2 Å². The van der Waals surface area contributed by atoms with E-state index in [1.807, 2.05) is 13.8 Å². The van der Waals surface area contributed by atoms with Crippen LogP contribution in [0.5, 0.6) is 0 Å². The molecule has 25 heavy (non-hydrogen) atoms. The lowest BCUT2D eigenvalue weighted by Crippen LogP contribution is -2.35. The molecule has 1 aromatic carbocycles. The summed E-state index contributed by atoms with van der Waals surface area (Å²) in [6, 6.07) is 4.88. The molecule has 2 aliphatic rings. The van der Waals surface area contributed by atoms with Crippen molar-refractivity contribution in [3.05, 3.63) is 41.0 Å². The number of halogens is 3. The van der Waals surface area contributed by atoms with Gasteiger partial charge in [0.05, 0.1) is 11.1 Å². The maximum atomic E-state index is 13.1. The van der Waals surface area contributed by atoms with Gasteiger partial charge < -0.3 is 0 Å². The summed E-state index contributed by atoms with van der Waals surface area (Å²) in [5.74, 6) is -0.948. The second kappa shape index (κ2) is 6.14. The van der Waals surface area contributed by atoms with Crippen LogP contribution in [0.1, 0.15) is 25.0 Å². The highest BCUT2D eigenvalue weighted by molar-refractivity contribution is 8.27. The summed E-state index contributed by atoms with van der Waals surface area (Å²) in [4.78, 5) is 16.1. The second-order valence-electron chi connectivity index (χ2n) is 5.70. The Morgan fingerprint density at radius 2 is 1.96 bits per heavy atom. The van der Waals surface area contributed by atoms with Crippen molar-refractivity contribution in [3.8, 4) is 0 Å². The van der Waals surface area contributed by atoms with E-state index in [1.165, 1.54) is 35.0 Å². The summed E-state index contributed by atoms with van der Waals surface area (Å²) in [6.07, 6.45) is -3.52. The largest absolute Gasteiger partial charge is 0.416 e. The number of hydrogen-bond acceptors (Lipinski definition) is 4. The molecule has 0 bridgehead atoms. The molecule has 0 atom stereocenters. The van der Waals surface area contributed by atoms with Crippen LogP contribution >= 0.6 is 11.8 Å². The van der Waals surface area contributed by atoms with Crippen LogP contribution in [0, 0.1) is 11.3 Å². The number of hydrogen-bond donors (Lipinski definition) is 1. The number of aliphatic imine (C=N–C) groups is 1. The van der Waals surface area contributed by atoms with Gasteiger partial charge in [0.15, 0.2) is 5.84 Å². The lowest BCUT2D eigenvalue weighted by molar-refractivity contribution is -0.137. The molecule has 0 spiro atoms. The van der Waals surface area contributed by atoms with E-state index in [0.717, 1.165) is 12.1 Å². The Morgan fingerprint density at radius 3 is 2.60 bits per heavy atom. The fraction of sp³-hybridized carbons (Fsp3) is 0.250. The molecular formula is C16H13F3N4OS. The van der Waals surface area contributed by atoms with E-state index < -0.39 is 17.6 Å². The number of nitrogens with one attached hydrogen (secondary N) is 1. The Kier molecular flexibility index (Phi) is 4.28. The van der Waals surface area contributed by atoms with Gasteiger partial charge in [-0.15, -0.1) is 0 Å². The molecule has 0 saturated carbocycles. The fourth-order valence-corrected chi connectivity index (χ4v) is 3.17. The highest BCUT2D eigenvalue weighted by Crippen LogP contribution is 2.34. The number of carbonyl (C=O) groups excluding carboxylic acids is 1. The smallest absolute Gasteiger partial charge is 0.282 e. The molecule has 9 heteroatoms. The SMILES string of the molecule is CC(C)C1=NN2C(=N)C(=Cc3ccccc3C(F)(F)F)C(=O)N=C2S1. The minimum atomic E-state index is -4.56. The molecule has 0 aromatic heterocycles. The number of hydrazone groups is 1. The standard InChI is InChI=1S/C16H13F3N4OS/c1-8(2)14-22-23-12(20)10(13(24)21-15(23)25-14)7-9-5-3-4-6-11(9)16(17,18)19/h3-8,20H,1-2H3. The highest BCUT2D eigenvalue weighted by atomic mass is 32.2. The van der Waals surface area contributed by atoms with Gasteiger partial charge in [-0.1, -0.05) is 32.0 Å². The molecule has 2 heterocycles. The van der Waals surface area contributed by atoms with Gasteiger partial charge >= 0.3 is 6.18 Å². The highest BCUT2D eigenvalue weighted by Gasteiger charge is 2.37. The van der Waals surface area contributed by atoms with E-state index in [1.54, 1.807) is 0 Å². The van der Waals surface area contributed by atoms with E-state index in [4.69, 9.17) is 5.41 Å². The third-order valence-electron chi connectivity index (χ3n) is 3.53. The Labute approximate surface area is 145 Å². The first-order valence-electron chi connectivity index (χ1n) is 7.35. The Bertz CT molecular complexity index is 855. The van der Waals surface area contributed by atoms with E-state index in [-0.39, 0.29) is 28.1 Å². The van der Waals surface area contributed by atoms with Crippen molar-refractivity contribution < 1.29 is 18.0 Å². The molecule has 1 amide bonds. The van der Waals surface area contributed by atoms with E-state index in [9.17, 15) is 18.0 Å². The normalized spacial score (nSPS) is 19.4. The number of amides is 1. The van der Waals surface area contributed by atoms with Gasteiger partial charge in [0, 0.05) is 5.92 Å². The van der Waals surface area contributed by atoms with Crippen molar-refractivity contribution in [3.63, 3.8) is 0 Å². The lowest BCUT2D eigenvalue weighted by Gasteiger charge is -2.20. The number of amidine groups is 2. The van der Waals surface area contributed by atoms with Gasteiger partial charge in [-0.05, 0) is 29.5 Å². The van der Waals surface area contributed by atoms with Crippen LogP contribution in [-0.4, -0.2) is 27.0 Å². The van der Waals surface area contributed by atoms with Crippen molar-refractivity contribution >= 4 is 39.8 Å². The second-order valence-corrected chi connectivity index (χ2v) is 6.69. The molecule has 0 aliphatic carbocycles. The van der Waals surface area contributed by atoms with Crippen molar-refractivity contribution in [1.29, 1.82) is 5.41 Å². The van der Waals surface area contributed by atoms with E-state index in [0.29, 0.717) is 5.04 Å². The molecule has 1 N–H and O–H groups in total. The molecule has 0 radical (unpaired) electrons. The molecule has 0 saturated heterocycles. The molecule has 2 aliphatic heterocycles. The first kappa shape index (κ1) is 17.4. The maximum Gasteiger partial charge on any atom is 0.416 e. The zero-order chi connectivity index (χ0) is 18.4. The van der Waals surface area contributed by atoms with Crippen molar-refractivity contribution in [2.24, 2.45) is 16.0 Å². The molecule has 0 fully saturated rings. The number of rotatable bonds is 2. The molecular weight excluding hydrogens is 353 g/mol. The molecule has 130 valence electrons. The Morgan fingerprint density at radius 1 is 1.28 bits per heavy atom. The van der Waals surface area contributed by atoms with Gasteiger partial charge in [-0.2, -0.15) is 28.3 Å². The number of carbonyl (C=O) groups is 1. The van der Waals surface area contributed by atoms with Crippen LogP contribution in [0.15, 0.2) is 39.9 Å². The summed E-state index contributed by atoms with van der Waals surface area (Å²) < 4.78 is 39.4. The number of alkyl halides is 3. The fourth-order valence-electron chi connectivity index (χ4n) is 2.28. The predicted octanol–water partition coefficient (Wildman–Crippen LogP) is 3.98. The number of nitrogens with zero attached hydrogens (tertiary/aromatic N) is 3. The van der Waals surface area contributed by atoms with Crippen molar-refractivity contribution in [2.45, 2.75) is 20.0 Å². The topological polar surface area (TPSA) is 68.9 Å². The third kappa shape index (κ3) is 3.23. The number of thioether (sulfide) groups is 1. The van der Waals surface area contributed by atoms with Crippen LogP contribution in [0.2, 0.25) is 0 Å². The van der Waals surface area contributed by atoms with Crippen molar-refractivity contribution in [2.75, 3.05) is 0 Å². The van der Waals surface area contributed by atoms with Crippen LogP contribution in [0.3, 0.4) is 0 Å². The Balaban J connectivity index is 2.04. The maximum absolute atomic E-state index is 13.1. The quantitative estimate of drug-likeness (QED) is 0.805. The minimum absolute atomic E-state index is 0.0830. The number of fused-ring (bicyclic) bond motifs is 1. The van der Waals surface area contributed by atoms with E-state index >= 15 is 0 Å². The van der Waals surface area contributed by atoms with Crippen LogP contribution in [-0.2, 0) is 11.0 Å². The summed E-state index contributed by atoms with van der Waals surface area (Å²) >= 11 is 1.18. The first-order valence-corrected chi connectivity index (χ1v) is 8.16. The van der Waals surface area contributed by atoms with E-state index in [2.05, 4.69) is 10.1 Å². The minimum Gasteiger partial charge on any atom is -0.282 e. The van der Waals surface area contributed by atoms with Crippen LogP contribution in [0.25, 0.3) is 6.08 Å².